The maximum atomic E-state index is 6.41. The number of nitrogens with zero attached hydrogens (tertiary/aromatic N) is 4. The van der Waals surface area contributed by atoms with Crippen molar-refractivity contribution in [3.8, 4) is 5.75 Å². The molecule has 4 rings (SSSR count). The second-order valence-corrected chi connectivity index (χ2v) is 6.97. The van der Waals surface area contributed by atoms with Crippen molar-refractivity contribution in [3.05, 3.63) is 66.5 Å². The van der Waals surface area contributed by atoms with Crippen molar-refractivity contribution in [1.29, 1.82) is 0 Å². The van der Waals surface area contributed by atoms with E-state index in [4.69, 9.17) is 10.5 Å². The van der Waals surface area contributed by atoms with Crippen LogP contribution >= 0.6 is 0 Å². The monoisotopic (exact) mass is 390 g/mol. The lowest BCUT2D eigenvalue weighted by molar-refractivity contribution is 0.414. The van der Waals surface area contributed by atoms with Crippen LogP contribution in [0.15, 0.2) is 60.9 Å². The van der Waals surface area contributed by atoms with Gasteiger partial charge in [0.1, 0.15) is 17.8 Å². The highest BCUT2D eigenvalue weighted by Crippen LogP contribution is 2.28. The van der Waals surface area contributed by atoms with Crippen LogP contribution in [0.5, 0.6) is 5.75 Å². The van der Waals surface area contributed by atoms with E-state index >= 15 is 0 Å². The number of nitrogen functional groups attached to an aromatic ring is 1. The van der Waals surface area contributed by atoms with Gasteiger partial charge in [-0.1, -0.05) is 30.3 Å². The maximum absolute atomic E-state index is 6.41. The smallest absolute Gasteiger partial charge is 0.157 e. The van der Waals surface area contributed by atoms with Crippen molar-refractivity contribution >= 4 is 23.0 Å². The Balaban J connectivity index is 1.40. The summed E-state index contributed by atoms with van der Waals surface area (Å²) in [4.78, 5) is 13.4. The molecule has 0 amide bonds. The summed E-state index contributed by atoms with van der Waals surface area (Å²) in [5.41, 5.74) is 9.38. The number of benzene rings is 2. The molecule has 0 bridgehead atoms. The molecule has 0 unspecified atom stereocenters. The SMILES string of the molecule is COc1ccc(CNc2ncnc(N3CCN(c4ccccc4)CC3)c2N)cc1. The highest BCUT2D eigenvalue weighted by atomic mass is 16.5. The first kappa shape index (κ1) is 18.9. The summed E-state index contributed by atoms with van der Waals surface area (Å²) >= 11 is 0. The second-order valence-electron chi connectivity index (χ2n) is 6.97. The zero-order valence-electron chi connectivity index (χ0n) is 16.6. The quantitative estimate of drug-likeness (QED) is 0.670. The van der Waals surface area contributed by atoms with E-state index in [1.807, 2.05) is 30.3 Å². The van der Waals surface area contributed by atoms with Gasteiger partial charge in [0.2, 0.25) is 0 Å². The molecular formula is C22H26N6O. The van der Waals surface area contributed by atoms with Gasteiger partial charge in [-0.2, -0.15) is 0 Å². The number of piperazine rings is 1. The highest BCUT2D eigenvalue weighted by Gasteiger charge is 2.21. The number of hydrogen-bond donors (Lipinski definition) is 2. The van der Waals surface area contributed by atoms with E-state index in [-0.39, 0.29) is 0 Å². The van der Waals surface area contributed by atoms with Crippen molar-refractivity contribution in [2.75, 3.05) is 54.1 Å². The normalized spacial score (nSPS) is 14.0. The molecule has 1 fully saturated rings. The number of aromatic nitrogens is 2. The largest absolute Gasteiger partial charge is 0.497 e. The summed E-state index contributed by atoms with van der Waals surface area (Å²) in [5, 5.41) is 3.33. The first-order valence-electron chi connectivity index (χ1n) is 9.77. The number of anilines is 4. The number of hydrogen-bond acceptors (Lipinski definition) is 7. The van der Waals surface area contributed by atoms with Gasteiger partial charge in [-0.15, -0.1) is 0 Å². The molecule has 1 aromatic heterocycles. The molecule has 7 nitrogen and oxygen atoms in total. The lowest BCUT2D eigenvalue weighted by atomic mass is 10.2. The molecular weight excluding hydrogens is 364 g/mol. The molecule has 150 valence electrons. The van der Waals surface area contributed by atoms with Gasteiger partial charge in [0, 0.05) is 38.4 Å². The summed E-state index contributed by atoms with van der Waals surface area (Å²) in [6.07, 6.45) is 1.58. The summed E-state index contributed by atoms with van der Waals surface area (Å²) in [6.45, 7) is 4.23. The minimum absolute atomic E-state index is 0.592. The van der Waals surface area contributed by atoms with E-state index in [9.17, 15) is 0 Å². The number of rotatable bonds is 6. The van der Waals surface area contributed by atoms with Crippen molar-refractivity contribution < 1.29 is 4.74 Å². The number of nitrogens with two attached hydrogens (primary N) is 1. The Hall–Kier alpha value is -3.48. The van der Waals surface area contributed by atoms with Gasteiger partial charge < -0.3 is 25.6 Å². The van der Waals surface area contributed by atoms with Crippen LogP contribution in [0, 0.1) is 0 Å². The number of ether oxygens (including phenoxy) is 1. The van der Waals surface area contributed by atoms with E-state index in [0.29, 0.717) is 18.1 Å². The summed E-state index contributed by atoms with van der Waals surface area (Å²) in [6, 6.07) is 18.4. The first-order valence-corrected chi connectivity index (χ1v) is 9.77. The van der Waals surface area contributed by atoms with Crippen molar-refractivity contribution in [2.45, 2.75) is 6.54 Å². The Morgan fingerprint density at radius 3 is 2.31 bits per heavy atom. The summed E-state index contributed by atoms with van der Waals surface area (Å²) in [5.74, 6) is 2.30. The second kappa shape index (κ2) is 8.68. The Labute approximate surface area is 171 Å². The molecule has 2 heterocycles. The van der Waals surface area contributed by atoms with Crippen molar-refractivity contribution in [3.63, 3.8) is 0 Å². The van der Waals surface area contributed by atoms with Gasteiger partial charge in [0.15, 0.2) is 11.6 Å². The zero-order valence-corrected chi connectivity index (χ0v) is 16.6. The van der Waals surface area contributed by atoms with E-state index in [0.717, 1.165) is 43.3 Å². The molecule has 0 atom stereocenters. The average Bonchev–Trinajstić information content (AvgIpc) is 2.79. The third-order valence-electron chi connectivity index (χ3n) is 5.18. The minimum Gasteiger partial charge on any atom is -0.497 e. The zero-order chi connectivity index (χ0) is 20.1. The highest BCUT2D eigenvalue weighted by molar-refractivity contribution is 5.75. The fourth-order valence-corrected chi connectivity index (χ4v) is 3.52. The number of para-hydroxylation sites is 1. The fourth-order valence-electron chi connectivity index (χ4n) is 3.52. The molecule has 29 heavy (non-hydrogen) atoms. The number of nitrogens with one attached hydrogen (secondary N) is 1. The van der Waals surface area contributed by atoms with Gasteiger partial charge in [-0.25, -0.2) is 9.97 Å². The Kier molecular flexibility index (Phi) is 5.65. The molecule has 0 aliphatic carbocycles. The molecule has 1 aliphatic rings. The molecule has 0 spiro atoms. The molecule has 7 heteroatoms. The van der Waals surface area contributed by atoms with Gasteiger partial charge in [0.25, 0.3) is 0 Å². The standard InChI is InChI=1S/C22H26N6O/c1-29-19-9-7-17(8-10-19)15-24-21-20(23)22(26-16-25-21)28-13-11-27(12-14-28)18-5-3-2-4-6-18/h2-10,16H,11-15,23H2,1H3,(H,24,25,26). The van der Waals surface area contributed by atoms with Gasteiger partial charge in [-0.3, -0.25) is 0 Å². The molecule has 0 saturated carbocycles. The lowest BCUT2D eigenvalue weighted by Crippen LogP contribution is -2.47. The van der Waals surface area contributed by atoms with Gasteiger partial charge >= 0.3 is 0 Å². The molecule has 1 saturated heterocycles. The topological polar surface area (TPSA) is 79.5 Å². The lowest BCUT2D eigenvalue weighted by Gasteiger charge is -2.37. The molecule has 0 radical (unpaired) electrons. The maximum Gasteiger partial charge on any atom is 0.157 e. The van der Waals surface area contributed by atoms with Crippen LogP contribution in [0.25, 0.3) is 0 Å². The van der Waals surface area contributed by atoms with Crippen molar-refractivity contribution in [2.24, 2.45) is 0 Å². The van der Waals surface area contributed by atoms with Crippen molar-refractivity contribution in [1.82, 2.24) is 9.97 Å². The summed E-state index contributed by atoms with van der Waals surface area (Å²) in [7, 11) is 1.66. The van der Waals surface area contributed by atoms with E-state index in [1.54, 1.807) is 13.4 Å². The average molecular weight is 390 g/mol. The Morgan fingerprint density at radius 2 is 1.62 bits per heavy atom. The molecule has 2 aromatic carbocycles. The van der Waals surface area contributed by atoms with Gasteiger partial charge in [0.05, 0.1) is 7.11 Å². The Bertz CT molecular complexity index is 924. The summed E-state index contributed by atoms with van der Waals surface area (Å²) < 4.78 is 5.20. The number of methoxy groups -OCH3 is 1. The fraction of sp³-hybridized carbons (Fsp3) is 0.273. The van der Waals surface area contributed by atoms with E-state index in [2.05, 4.69) is 49.4 Å². The predicted molar refractivity (Wildman–Crippen MR) is 118 cm³/mol. The third-order valence-corrected chi connectivity index (χ3v) is 5.18. The van der Waals surface area contributed by atoms with Crippen LogP contribution in [0.1, 0.15) is 5.56 Å². The van der Waals surface area contributed by atoms with Crippen LogP contribution < -0.4 is 25.6 Å². The van der Waals surface area contributed by atoms with Crippen LogP contribution in [0.3, 0.4) is 0 Å². The molecule has 3 aromatic rings. The van der Waals surface area contributed by atoms with Crippen LogP contribution in [0.4, 0.5) is 23.0 Å². The molecule has 1 aliphatic heterocycles. The van der Waals surface area contributed by atoms with E-state index < -0.39 is 0 Å². The van der Waals surface area contributed by atoms with E-state index in [1.165, 1.54) is 5.69 Å². The minimum atomic E-state index is 0.592. The first-order chi connectivity index (χ1) is 14.2. The Morgan fingerprint density at radius 1 is 0.931 bits per heavy atom. The van der Waals surface area contributed by atoms with Crippen LogP contribution in [-0.2, 0) is 6.54 Å². The third kappa shape index (κ3) is 4.34. The molecule has 3 N–H and O–H groups in total. The predicted octanol–water partition coefficient (Wildman–Crippen LogP) is 3.01. The van der Waals surface area contributed by atoms with Crippen LogP contribution in [0.2, 0.25) is 0 Å². The van der Waals surface area contributed by atoms with Gasteiger partial charge in [-0.05, 0) is 29.8 Å². The van der Waals surface area contributed by atoms with Crippen LogP contribution in [-0.4, -0.2) is 43.3 Å².